The molecule has 0 fully saturated rings. The smallest absolute Gasteiger partial charge is 0.291 e. The molecule has 3 aromatic carbocycles. The van der Waals surface area contributed by atoms with Gasteiger partial charge in [-0.1, -0.05) is 67.9 Å². The minimum atomic E-state index is -0.368. The number of benzene rings is 3. The van der Waals surface area contributed by atoms with Crippen LogP contribution in [-0.2, 0) is 17.8 Å². The third-order valence-corrected chi connectivity index (χ3v) is 6.82. The van der Waals surface area contributed by atoms with Gasteiger partial charge >= 0.3 is 0 Å². The van der Waals surface area contributed by atoms with Crippen molar-refractivity contribution in [3.8, 4) is 5.75 Å². The number of fused-ring (bicyclic) bond motifs is 1. The number of carbonyl (C=O) groups is 2. The lowest BCUT2D eigenvalue weighted by atomic mass is 9.87. The lowest BCUT2D eigenvalue weighted by Gasteiger charge is -2.39. The fourth-order valence-electron chi connectivity index (χ4n) is 4.74. The van der Waals surface area contributed by atoms with Gasteiger partial charge in [0, 0.05) is 23.2 Å². The highest BCUT2D eigenvalue weighted by Gasteiger charge is 2.33. The molecular weight excluding hydrogens is 500 g/mol. The van der Waals surface area contributed by atoms with Gasteiger partial charge in [-0.05, 0) is 65.6 Å². The van der Waals surface area contributed by atoms with Crippen LogP contribution in [-0.4, -0.2) is 23.3 Å². The molecule has 0 saturated carbocycles. The summed E-state index contributed by atoms with van der Waals surface area (Å²) in [5.74, 6) is 1.05. The molecule has 1 atom stereocenters. The van der Waals surface area contributed by atoms with Crippen LogP contribution in [0.3, 0.4) is 0 Å². The first-order chi connectivity index (χ1) is 18.4. The third-order valence-electron chi connectivity index (χ3n) is 6.59. The average molecular weight is 529 g/mol. The van der Waals surface area contributed by atoms with Gasteiger partial charge in [-0.3, -0.25) is 9.59 Å². The predicted octanol–water partition coefficient (Wildman–Crippen LogP) is 6.89. The summed E-state index contributed by atoms with van der Waals surface area (Å²) < 4.78 is 11.8. The van der Waals surface area contributed by atoms with Crippen LogP contribution in [0.25, 0.3) is 0 Å². The van der Waals surface area contributed by atoms with Gasteiger partial charge in [-0.2, -0.15) is 0 Å². The van der Waals surface area contributed by atoms with Crippen LogP contribution in [0.15, 0.2) is 89.3 Å². The number of ether oxygens (including phenoxy) is 1. The van der Waals surface area contributed by atoms with Crippen molar-refractivity contribution in [3.05, 3.63) is 118 Å². The van der Waals surface area contributed by atoms with E-state index in [-0.39, 0.29) is 36.1 Å². The number of hydrogen-bond acceptors (Lipinski definition) is 4. The number of carbonyl (C=O) groups excluding carboxylic acids is 2. The molecule has 4 aromatic rings. The second-order valence-corrected chi connectivity index (χ2v) is 10.1. The number of amides is 2. The van der Waals surface area contributed by atoms with Gasteiger partial charge in [0.05, 0.1) is 6.04 Å². The van der Waals surface area contributed by atoms with Gasteiger partial charge in [0.1, 0.15) is 18.1 Å². The van der Waals surface area contributed by atoms with Crippen molar-refractivity contribution in [3.63, 3.8) is 0 Å². The predicted molar refractivity (Wildman–Crippen MR) is 147 cm³/mol. The Labute approximate surface area is 227 Å². The molecule has 0 bridgehead atoms. The molecule has 6 nitrogen and oxygen atoms in total. The molecule has 7 heteroatoms. The molecule has 0 radical (unpaired) electrons. The topological polar surface area (TPSA) is 71.8 Å². The van der Waals surface area contributed by atoms with Crippen LogP contribution in [0.4, 0.5) is 5.69 Å². The maximum Gasteiger partial charge on any atom is 0.291 e. The number of rotatable bonds is 7. The Kier molecular flexibility index (Phi) is 7.52. The quantitative estimate of drug-likeness (QED) is 0.283. The zero-order valence-electron chi connectivity index (χ0n) is 21.3. The first-order valence-corrected chi connectivity index (χ1v) is 13.0. The molecular formula is C31H29ClN2O4. The molecule has 0 aliphatic carbocycles. The largest absolute Gasteiger partial charge is 0.486 e. The second-order valence-electron chi connectivity index (χ2n) is 9.63. The van der Waals surface area contributed by atoms with Crippen LogP contribution in [0.2, 0.25) is 5.02 Å². The van der Waals surface area contributed by atoms with E-state index in [1.165, 1.54) is 5.56 Å². The first-order valence-electron chi connectivity index (χ1n) is 12.7. The lowest BCUT2D eigenvalue weighted by Crippen LogP contribution is -2.42. The van der Waals surface area contributed by atoms with E-state index in [1.54, 1.807) is 36.4 Å². The molecule has 38 heavy (non-hydrogen) atoms. The van der Waals surface area contributed by atoms with Crippen LogP contribution >= 0.6 is 11.6 Å². The van der Waals surface area contributed by atoms with Crippen molar-refractivity contribution in [1.82, 2.24) is 4.90 Å². The van der Waals surface area contributed by atoms with Gasteiger partial charge in [0.15, 0.2) is 5.76 Å². The summed E-state index contributed by atoms with van der Waals surface area (Å²) >= 11 is 5.99. The summed E-state index contributed by atoms with van der Waals surface area (Å²) in [5, 5.41) is 3.31. The molecule has 1 unspecified atom stereocenters. The van der Waals surface area contributed by atoms with Gasteiger partial charge in [0.2, 0.25) is 5.91 Å². The zero-order chi connectivity index (χ0) is 26.6. The van der Waals surface area contributed by atoms with Crippen molar-refractivity contribution in [2.45, 2.75) is 32.9 Å². The van der Waals surface area contributed by atoms with Crippen molar-refractivity contribution >= 4 is 29.1 Å². The molecule has 1 aromatic heterocycles. The van der Waals surface area contributed by atoms with E-state index in [4.69, 9.17) is 20.8 Å². The van der Waals surface area contributed by atoms with Crippen LogP contribution < -0.4 is 10.1 Å². The molecule has 1 N–H and O–H groups in total. The summed E-state index contributed by atoms with van der Waals surface area (Å²) in [6.07, 6.45) is 0.792. The Hall–Kier alpha value is -4.03. The maximum atomic E-state index is 13.1. The third kappa shape index (κ3) is 5.60. The van der Waals surface area contributed by atoms with Crippen LogP contribution in [0.1, 0.15) is 52.9 Å². The van der Waals surface area contributed by atoms with Crippen molar-refractivity contribution in [2.75, 3.05) is 11.9 Å². The highest BCUT2D eigenvalue weighted by Crippen LogP contribution is 2.38. The van der Waals surface area contributed by atoms with Crippen molar-refractivity contribution in [1.29, 1.82) is 0 Å². The average Bonchev–Trinajstić information content (AvgIpc) is 3.40. The molecule has 2 amide bonds. The van der Waals surface area contributed by atoms with Crippen molar-refractivity contribution in [2.24, 2.45) is 5.92 Å². The standard InChI is InChI=1S/C31H29ClN2O4/c1-20(2)31(36)34-16-15-21-11-12-25(18-27(21)29(34)22-7-4-3-5-8-22)37-19-26-13-14-28(38-26)30(35)33-24-10-6-9-23(32)17-24/h3-14,17-18,20,29H,15-16,19H2,1-2H3,(H,33,35). The molecule has 2 heterocycles. The van der Waals surface area contributed by atoms with Gasteiger partial charge < -0.3 is 19.4 Å². The Bertz CT molecular complexity index is 1450. The normalized spacial score (nSPS) is 14.7. The molecule has 1 aliphatic heterocycles. The Morgan fingerprint density at radius 3 is 2.61 bits per heavy atom. The Morgan fingerprint density at radius 2 is 1.84 bits per heavy atom. The van der Waals surface area contributed by atoms with E-state index in [2.05, 4.69) is 23.5 Å². The number of nitrogens with zero attached hydrogens (tertiary/aromatic N) is 1. The molecule has 0 saturated heterocycles. The summed E-state index contributed by atoms with van der Waals surface area (Å²) in [4.78, 5) is 27.7. The number of halogens is 1. The number of nitrogens with one attached hydrogen (secondary N) is 1. The molecule has 194 valence electrons. The minimum absolute atomic E-state index is 0.0913. The zero-order valence-corrected chi connectivity index (χ0v) is 22.1. The SMILES string of the molecule is CC(C)C(=O)N1CCc2ccc(OCc3ccc(C(=O)Nc4cccc(Cl)c4)o3)cc2C1c1ccccc1. The Balaban J connectivity index is 1.32. The fraction of sp³-hybridized carbons (Fsp3) is 0.226. The maximum absolute atomic E-state index is 13.1. The highest BCUT2D eigenvalue weighted by molar-refractivity contribution is 6.30. The van der Waals surface area contributed by atoms with E-state index in [1.807, 2.05) is 49.1 Å². The molecule has 0 spiro atoms. The summed E-state index contributed by atoms with van der Waals surface area (Å²) in [7, 11) is 0. The van der Waals surface area contributed by atoms with Crippen LogP contribution in [0.5, 0.6) is 5.75 Å². The van der Waals surface area contributed by atoms with Crippen molar-refractivity contribution < 1.29 is 18.7 Å². The minimum Gasteiger partial charge on any atom is -0.486 e. The number of anilines is 1. The first kappa shape index (κ1) is 25.6. The van der Waals surface area contributed by atoms with Crippen LogP contribution in [0, 0.1) is 5.92 Å². The van der Waals surface area contributed by atoms with Gasteiger partial charge in [-0.15, -0.1) is 0 Å². The van der Waals surface area contributed by atoms with E-state index >= 15 is 0 Å². The van der Waals surface area contributed by atoms with E-state index in [9.17, 15) is 9.59 Å². The monoisotopic (exact) mass is 528 g/mol. The number of hydrogen-bond donors (Lipinski definition) is 1. The molecule has 5 rings (SSSR count). The summed E-state index contributed by atoms with van der Waals surface area (Å²) in [6.45, 7) is 4.71. The second kappa shape index (κ2) is 11.2. The highest BCUT2D eigenvalue weighted by atomic mass is 35.5. The lowest BCUT2D eigenvalue weighted by molar-refractivity contribution is -0.136. The summed E-state index contributed by atoms with van der Waals surface area (Å²) in [5.41, 5.74) is 3.93. The fourth-order valence-corrected chi connectivity index (χ4v) is 4.93. The van der Waals surface area contributed by atoms with E-state index in [0.717, 1.165) is 17.5 Å². The van der Waals surface area contributed by atoms with Gasteiger partial charge in [0.25, 0.3) is 5.91 Å². The number of furan rings is 1. The molecule has 1 aliphatic rings. The van der Waals surface area contributed by atoms with Gasteiger partial charge in [-0.25, -0.2) is 0 Å². The summed E-state index contributed by atoms with van der Waals surface area (Å²) in [6, 6.07) is 26.2. The Morgan fingerprint density at radius 1 is 1.03 bits per heavy atom. The van der Waals surface area contributed by atoms with E-state index in [0.29, 0.717) is 28.8 Å². The van der Waals surface area contributed by atoms with E-state index < -0.39 is 0 Å².